The highest BCUT2D eigenvalue weighted by Gasteiger charge is 2.39. The van der Waals surface area contributed by atoms with Crippen LogP contribution in [0.5, 0.6) is 5.75 Å². The monoisotopic (exact) mass is 610 g/mol. The van der Waals surface area contributed by atoms with Crippen molar-refractivity contribution in [1.29, 1.82) is 0 Å². The molecular formula is C35H47ClN2O3S. The largest absolute Gasteiger partial charge is 0.491 e. The van der Waals surface area contributed by atoms with Crippen molar-refractivity contribution >= 4 is 34.2 Å². The van der Waals surface area contributed by atoms with Crippen molar-refractivity contribution in [2.45, 2.75) is 83.3 Å². The van der Waals surface area contributed by atoms with Gasteiger partial charge in [-0.2, -0.15) is 0 Å². The summed E-state index contributed by atoms with van der Waals surface area (Å²) in [7, 11) is -1.46. The lowest BCUT2D eigenvalue weighted by atomic mass is 9.64. The van der Waals surface area contributed by atoms with Crippen LogP contribution in [0.2, 0.25) is 5.02 Å². The third-order valence-corrected chi connectivity index (χ3v) is 11.8. The maximum absolute atomic E-state index is 13.3. The molecule has 7 heteroatoms. The van der Waals surface area contributed by atoms with Gasteiger partial charge in [0.1, 0.15) is 16.7 Å². The first-order valence-electron chi connectivity index (χ1n) is 15.9. The lowest BCUT2D eigenvalue weighted by molar-refractivity contribution is 0.0981. The number of nitrogens with one attached hydrogen (secondary N) is 1. The van der Waals surface area contributed by atoms with Gasteiger partial charge in [0.25, 0.3) is 5.91 Å². The van der Waals surface area contributed by atoms with Crippen molar-refractivity contribution < 1.29 is 13.7 Å². The van der Waals surface area contributed by atoms with Crippen LogP contribution in [0.25, 0.3) is 0 Å². The summed E-state index contributed by atoms with van der Waals surface area (Å²) in [6.07, 6.45) is 11.0. The van der Waals surface area contributed by atoms with Crippen LogP contribution in [-0.4, -0.2) is 35.1 Å². The molecule has 5 nitrogen and oxygen atoms in total. The fraction of sp³-hybridized carbons (Fsp3) is 0.571. The summed E-state index contributed by atoms with van der Waals surface area (Å²) in [5, 5.41) is 0.654. The summed E-state index contributed by atoms with van der Waals surface area (Å²) in [5.74, 6) is 2.84. The van der Waals surface area contributed by atoms with Crippen LogP contribution in [0.1, 0.15) is 93.1 Å². The smallest absolute Gasteiger partial charge is 0.263 e. The molecule has 2 aromatic carbocycles. The van der Waals surface area contributed by atoms with Gasteiger partial charge in [-0.25, -0.2) is 4.21 Å². The highest BCUT2D eigenvalue weighted by Crippen LogP contribution is 2.46. The molecule has 2 aliphatic heterocycles. The molecule has 2 aromatic rings. The number of carbonyl (C=O) groups is 1. The molecule has 0 radical (unpaired) electrons. The van der Waals surface area contributed by atoms with Gasteiger partial charge in [0.15, 0.2) is 0 Å². The number of fused-ring (bicyclic) bond motifs is 2. The molecule has 1 aliphatic carbocycles. The number of ether oxygens (including phenoxy) is 1. The van der Waals surface area contributed by atoms with Crippen molar-refractivity contribution in [2.75, 3.05) is 24.6 Å². The lowest BCUT2D eigenvalue weighted by Crippen LogP contribution is -2.43. The molecule has 0 aromatic heterocycles. The van der Waals surface area contributed by atoms with E-state index in [1.54, 1.807) is 6.07 Å². The summed E-state index contributed by atoms with van der Waals surface area (Å²) in [4.78, 5) is 15.8. The topological polar surface area (TPSA) is 58.6 Å². The second kappa shape index (κ2) is 14.0. The molecule has 1 fully saturated rings. The first-order valence-corrected chi connectivity index (χ1v) is 17.5. The Bertz CT molecular complexity index is 1300. The molecule has 2 bridgehead atoms. The molecule has 42 heavy (non-hydrogen) atoms. The van der Waals surface area contributed by atoms with Gasteiger partial charge >= 0.3 is 0 Å². The second-order valence-electron chi connectivity index (χ2n) is 12.8. The SMILES string of the molecule is C=CCC1CCCC(C)C(C)S(=O)NC(=O)c2ccc3c(c2)N(CC(c2ccc(Cl)cc2CCC)CO3)CC2CCC12. The minimum Gasteiger partial charge on any atom is -0.491 e. The predicted octanol–water partition coefficient (Wildman–Crippen LogP) is 8.10. The van der Waals surface area contributed by atoms with E-state index >= 15 is 0 Å². The summed E-state index contributed by atoms with van der Waals surface area (Å²) in [6.45, 7) is 12.8. The third-order valence-electron chi connectivity index (χ3n) is 10.1. The van der Waals surface area contributed by atoms with E-state index in [0.29, 0.717) is 29.9 Å². The van der Waals surface area contributed by atoms with E-state index in [1.807, 2.05) is 25.1 Å². The zero-order valence-corrected chi connectivity index (χ0v) is 27.0. The predicted molar refractivity (Wildman–Crippen MR) is 175 cm³/mol. The average molecular weight is 611 g/mol. The van der Waals surface area contributed by atoms with Crippen LogP contribution in [0, 0.1) is 23.7 Å². The molecular weight excluding hydrogens is 564 g/mol. The van der Waals surface area contributed by atoms with Crippen molar-refractivity contribution in [3.63, 3.8) is 0 Å². The van der Waals surface area contributed by atoms with Gasteiger partial charge in [-0.3, -0.25) is 9.52 Å². The fourth-order valence-electron chi connectivity index (χ4n) is 7.29. The van der Waals surface area contributed by atoms with Crippen LogP contribution in [0.4, 0.5) is 5.69 Å². The highest BCUT2D eigenvalue weighted by atomic mass is 35.5. The molecule has 1 saturated carbocycles. The van der Waals surface area contributed by atoms with Gasteiger partial charge < -0.3 is 9.64 Å². The first kappa shape index (κ1) is 31.1. The first-order chi connectivity index (χ1) is 20.3. The number of aryl methyl sites for hydroxylation is 1. The van der Waals surface area contributed by atoms with Crippen molar-refractivity contribution in [1.82, 2.24) is 4.72 Å². The standard InChI is InChI=1S/C35H47ClN2O3S/c1-5-8-25-11-7-10-23(3)24(4)42(40)37-35(39)27-13-17-34-33(19-27)38(20-28-12-15-31(25)28)21-29(22-41-34)32-16-14-30(36)18-26(32)9-6-2/h5,13-14,16-19,23-25,28-29,31H,1,6-12,15,20-22H2,2-4H3,(H,37,39). The molecule has 0 spiro atoms. The summed E-state index contributed by atoms with van der Waals surface area (Å²) >= 11 is 6.42. The number of carbonyl (C=O) groups excluding carboxylic acids is 1. The molecule has 0 saturated heterocycles. The fourth-order valence-corrected chi connectivity index (χ4v) is 8.53. The molecule has 3 aliphatic rings. The number of hydrogen-bond acceptors (Lipinski definition) is 4. The Morgan fingerprint density at radius 2 is 1.95 bits per heavy atom. The van der Waals surface area contributed by atoms with E-state index in [0.717, 1.165) is 61.7 Å². The van der Waals surface area contributed by atoms with Crippen molar-refractivity contribution in [2.24, 2.45) is 23.7 Å². The van der Waals surface area contributed by atoms with E-state index in [9.17, 15) is 9.00 Å². The maximum atomic E-state index is 13.3. The zero-order chi connectivity index (χ0) is 29.8. The van der Waals surface area contributed by atoms with Crippen molar-refractivity contribution in [3.8, 4) is 5.75 Å². The van der Waals surface area contributed by atoms with Crippen LogP contribution in [0.15, 0.2) is 49.1 Å². The maximum Gasteiger partial charge on any atom is 0.263 e. The Morgan fingerprint density at radius 1 is 1.12 bits per heavy atom. The van der Waals surface area contributed by atoms with Gasteiger partial charge in [-0.05, 0) is 111 Å². The van der Waals surface area contributed by atoms with Gasteiger partial charge in [-0.1, -0.05) is 50.4 Å². The van der Waals surface area contributed by atoms with E-state index in [-0.39, 0.29) is 23.0 Å². The number of hydrogen-bond donors (Lipinski definition) is 1. The summed E-state index contributed by atoms with van der Waals surface area (Å²) in [6, 6.07) is 12.0. The molecule has 7 unspecified atom stereocenters. The van der Waals surface area contributed by atoms with Gasteiger partial charge in [0, 0.05) is 29.6 Å². The lowest BCUT2D eigenvalue weighted by Gasteiger charge is -2.45. The highest BCUT2D eigenvalue weighted by molar-refractivity contribution is 7.84. The minimum atomic E-state index is -1.46. The quantitative estimate of drug-likeness (QED) is 0.348. The Hall–Kier alpha value is -2.31. The zero-order valence-electron chi connectivity index (χ0n) is 25.4. The number of halogens is 1. The Balaban J connectivity index is 1.52. The molecule has 2 heterocycles. The number of allylic oxidation sites excluding steroid dienone is 1. The molecule has 228 valence electrons. The van der Waals surface area contributed by atoms with E-state index in [4.69, 9.17) is 16.3 Å². The number of amides is 1. The number of rotatable bonds is 5. The Morgan fingerprint density at radius 3 is 2.69 bits per heavy atom. The van der Waals surface area contributed by atoms with Crippen LogP contribution in [0.3, 0.4) is 0 Å². The third kappa shape index (κ3) is 6.91. The number of nitrogens with zero attached hydrogens (tertiary/aromatic N) is 1. The van der Waals surface area contributed by atoms with E-state index in [1.165, 1.54) is 30.4 Å². The minimum absolute atomic E-state index is 0.116. The Kier molecular flexibility index (Phi) is 10.4. The van der Waals surface area contributed by atoms with Crippen LogP contribution < -0.4 is 14.4 Å². The van der Waals surface area contributed by atoms with Gasteiger partial charge in [0.2, 0.25) is 0 Å². The van der Waals surface area contributed by atoms with Gasteiger partial charge in [-0.15, -0.1) is 6.58 Å². The molecule has 1 N–H and O–H groups in total. The Labute approximate surface area is 260 Å². The average Bonchev–Trinajstić information content (AvgIpc) is 3.13. The molecule has 1 amide bonds. The van der Waals surface area contributed by atoms with E-state index < -0.39 is 11.0 Å². The van der Waals surface area contributed by atoms with Gasteiger partial charge in [0.05, 0.1) is 17.5 Å². The normalized spacial score (nSPS) is 30.2. The number of anilines is 1. The van der Waals surface area contributed by atoms with Crippen LogP contribution in [-0.2, 0) is 17.4 Å². The molecule has 5 rings (SSSR count). The summed E-state index contributed by atoms with van der Waals surface area (Å²) in [5.41, 5.74) is 4.07. The second-order valence-corrected chi connectivity index (χ2v) is 14.8. The van der Waals surface area contributed by atoms with E-state index in [2.05, 4.69) is 48.3 Å². The number of benzene rings is 2. The van der Waals surface area contributed by atoms with Crippen LogP contribution >= 0.6 is 11.6 Å². The summed E-state index contributed by atoms with van der Waals surface area (Å²) < 4.78 is 22.5. The van der Waals surface area contributed by atoms with Crippen molar-refractivity contribution in [3.05, 3.63) is 70.8 Å². The molecule has 7 atom stereocenters.